The summed E-state index contributed by atoms with van der Waals surface area (Å²) >= 11 is 0. The van der Waals surface area contributed by atoms with Crippen LogP contribution >= 0.6 is 0 Å². The molecule has 0 saturated heterocycles. The summed E-state index contributed by atoms with van der Waals surface area (Å²) in [4.78, 5) is 10.5. The maximum atomic E-state index is 10.5. The normalized spacial score (nSPS) is 11.7. The van der Waals surface area contributed by atoms with Crippen LogP contribution in [0, 0.1) is 12.3 Å². The first-order chi connectivity index (χ1) is 4.18. The van der Waals surface area contributed by atoms with Crippen LogP contribution in [0.5, 0.6) is 0 Å². The zero-order valence-electron chi connectivity index (χ0n) is 5.26. The second kappa shape index (κ2) is 3.93. The Hall–Kier alpha value is -1.01. The molecule has 0 spiro atoms. The summed E-state index contributed by atoms with van der Waals surface area (Å²) in [7, 11) is 0. The summed E-state index contributed by atoms with van der Waals surface area (Å²) in [5.41, 5.74) is 5.13. The molecule has 2 N–H and O–H groups in total. The smallest absolute Gasteiger partial charge is 0.323 e. The number of hydrogen-bond acceptors (Lipinski definition) is 3. The molecule has 0 aromatic heterocycles. The standard InChI is InChI=1S/C6H9NO2/c1-3-4-9-6(8)5(2)7/h1,5H,4,7H2,2H3. The average Bonchev–Trinajstić information content (AvgIpc) is 1.82. The SMILES string of the molecule is C#CCOC(=O)C(C)N. The van der Waals surface area contributed by atoms with Crippen LogP contribution in [-0.4, -0.2) is 18.6 Å². The molecular weight excluding hydrogens is 118 g/mol. The van der Waals surface area contributed by atoms with Gasteiger partial charge in [0.05, 0.1) is 0 Å². The lowest BCUT2D eigenvalue weighted by molar-refractivity contribution is -0.143. The van der Waals surface area contributed by atoms with Crippen molar-refractivity contribution < 1.29 is 9.53 Å². The van der Waals surface area contributed by atoms with E-state index >= 15 is 0 Å². The van der Waals surface area contributed by atoms with Gasteiger partial charge in [0.25, 0.3) is 0 Å². The number of terminal acetylenes is 1. The van der Waals surface area contributed by atoms with Gasteiger partial charge in [0.2, 0.25) is 0 Å². The van der Waals surface area contributed by atoms with Gasteiger partial charge in [0.15, 0.2) is 6.61 Å². The highest BCUT2D eigenvalue weighted by Gasteiger charge is 2.06. The predicted octanol–water partition coefficient (Wildman–Crippen LogP) is -0.490. The maximum absolute atomic E-state index is 10.5. The molecule has 0 aromatic carbocycles. The molecule has 0 heterocycles. The Morgan fingerprint density at radius 2 is 2.56 bits per heavy atom. The van der Waals surface area contributed by atoms with Crippen molar-refractivity contribution in [2.75, 3.05) is 6.61 Å². The van der Waals surface area contributed by atoms with Crippen molar-refractivity contribution >= 4 is 5.97 Å². The van der Waals surface area contributed by atoms with Crippen LogP contribution in [0.1, 0.15) is 6.92 Å². The third-order valence-corrected chi connectivity index (χ3v) is 0.670. The van der Waals surface area contributed by atoms with Crippen molar-refractivity contribution in [3.8, 4) is 12.3 Å². The number of hydrogen-bond donors (Lipinski definition) is 1. The topological polar surface area (TPSA) is 52.3 Å². The van der Waals surface area contributed by atoms with Crippen molar-refractivity contribution in [3.63, 3.8) is 0 Å². The molecule has 0 aliphatic heterocycles. The first-order valence-electron chi connectivity index (χ1n) is 2.54. The molecule has 50 valence electrons. The highest BCUT2D eigenvalue weighted by Crippen LogP contribution is 1.81. The number of nitrogens with two attached hydrogens (primary N) is 1. The zero-order chi connectivity index (χ0) is 7.28. The quantitative estimate of drug-likeness (QED) is 0.402. The van der Waals surface area contributed by atoms with Gasteiger partial charge in [-0.05, 0) is 6.92 Å². The third kappa shape index (κ3) is 3.56. The molecule has 0 radical (unpaired) electrons. The lowest BCUT2D eigenvalue weighted by Crippen LogP contribution is -2.28. The Morgan fingerprint density at radius 1 is 2.00 bits per heavy atom. The Morgan fingerprint density at radius 3 is 2.89 bits per heavy atom. The molecule has 0 aliphatic rings. The molecule has 0 fully saturated rings. The molecule has 0 aliphatic carbocycles. The van der Waals surface area contributed by atoms with Crippen LogP contribution in [0.25, 0.3) is 0 Å². The van der Waals surface area contributed by atoms with Gasteiger partial charge >= 0.3 is 5.97 Å². The van der Waals surface area contributed by atoms with Crippen LogP contribution in [0.2, 0.25) is 0 Å². The Balaban J connectivity index is 3.42. The average molecular weight is 127 g/mol. The van der Waals surface area contributed by atoms with Gasteiger partial charge in [-0.2, -0.15) is 0 Å². The van der Waals surface area contributed by atoms with E-state index in [0.717, 1.165) is 0 Å². The van der Waals surface area contributed by atoms with Gasteiger partial charge in [-0.3, -0.25) is 4.79 Å². The summed E-state index contributed by atoms with van der Waals surface area (Å²) in [5, 5.41) is 0. The lowest BCUT2D eigenvalue weighted by Gasteiger charge is -2.01. The third-order valence-electron chi connectivity index (χ3n) is 0.670. The van der Waals surface area contributed by atoms with E-state index in [4.69, 9.17) is 12.2 Å². The number of esters is 1. The Labute approximate surface area is 54.2 Å². The summed E-state index contributed by atoms with van der Waals surface area (Å²) in [6.45, 7) is 1.54. The predicted molar refractivity (Wildman–Crippen MR) is 33.4 cm³/mol. The van der Waals surface area contributed by atoms with Crippen LogP contribution in [0.3, 0.4) is 0 Å². The molecule has 0 bridgehead atoms. The highest BCUT2D eigenvalue weighted by atomic mass is 16.5. The number of carbonyl (C=O) groups excluding carboxylic acids is 1. The molecule has 3 heteroatoms. The van der Waals surface area contributed by atoms with Gasteiger partial charge in [-0.25, -0.2) is 0 Å². The van der Waals surface area contributed by atoms with Crippen LogP contribution in [0.15, 0.2) is 0 Å². The molecule has 1 atom stereocenters. The van der Waals surface area contributed by atoms with Gasteiger partial charge in [0, 0.05) is 0 Å². The van der Waals surface area contributed by atoms with Crippen molar-refractivity contribution in [1.29, 1.82) is 0 Å². The minimum absolute atomic E-state index is 0.000370. The van der Waals surface area contributed by atoms with Gasteiger partial charge in [-0.1, -0.05) is 5.92 Å². The van der Waals surface area contributed by atoms with Gasteiger partial charge in [-0.15, -0.1) is 6.42 Å². The minimum atomic E-state index is -0.585. The monoisotopic (exact) mass is 127 g/mol. The first-order valence-corrected chi connectivity index (χ1v) is 2.54. The summed E-state index contributed by atoms with van der Waals surface area (Å²) in [6, 6.07) is -0.585. The second-order valence-corrected chi connectivity index (χ2v) is 1.60. The van der Waals surface area contributed by atoms with E-state index in [1.54, 1.807) is 6.92 Å². The Kier molecular flexibility index (Phi) is 3.49. The molecular formula is C6H9NO2. The van der Waals surface area contributed by atoms with E-state index in [9.17, 15) is 4.79 Å². The largest absolute Gasteiger partial charge is 0.451 e. The van der Waals surface area contributed by atoms with E-state index < -0.39 is 12.0 Å². The van der Waals surface area contributed by atoms with E-state index in [2.05, 4.69) is 10.7 Å². The van der Waals surface area contributed by atoms with E-state index in [1.165, 1.54) is 0 Å². The molecule has 1 unspecified atom stereocenters. The summed E-state index contributed by atoms with van der Waals surface area (Å²) in [6.07, 6.45) is 4.81. The number of rotatable bonds is 2. The number of carbonyl (C=O) groups is 1. The van der Waals surface area contributed by atoms with Crippen molar-refractivity contribution in [2.24, 2.45) is 5.73 Å². The van der Waals surface area contributed by atoms with Crippen molar-refractivity contribution in [3.05, 3.63) is 0 Å². The fourth-order valence-electron chi connectivity index (χ4n) is 0.244. The fourth-order valence-corrected chi connectivity index (χ4v) is 0.244. The molecule has 9 heavy (non-hydrogen) atoms. The Bertz CT molecular complexity index is 134. The van der Waals surface area contributed by atoms with Crippen LogP contribution < -0.4 is 5.73 Å². The zero-order valence-corrected chi connectivity index (χ0v) is 5.26. The molecule has 0 rings (SSSR count). The molecule has 0 aromatic rings. The lowest BCUT2D eigenvalue weighted by atomic mass is 10.4. The first kappa shape index (κ1) is 7.99. The van der Waals surface area contributed by atoms with E-state index in [1.807, 2.05) is 0 Å². The number of ether oxygens (including phenoxy) is 1. The van der Waals surface area contributed by atoms with Gasteiger partial charge < -0.3 is 10.5 Å². The van der Waals surface area contributed by atoms with Crippen molar-refractivity contribution in [2.45, 2.75) is 13.0 Å². The van der Waals surface area contributed by atoms with E-state index in [-0.39, 0.29) is 6.61 Å². The van der Waals surface area contributed by atoms with Crippen LogP contribution in [-0.2, 0) is 9.53 Å². The highest BCUT2D eigenvalue weighted by molar-refractivity contribution is 5.74. The van der Waals surface area contributed by atoms with Crippen LogP contribution in [0.4, 0.5) is 0 Å². The molecule has 3 nitrogen and oxygen atoms in total. The van der Waals surface area contributed by atoms with Crippen molar-refractivity contribution in [1.82, 2.24) is 0 Å². The molecule has 0 amide bonds. The summed E-state index contributed by atoms with van der Waals surface area (Å²) < 4.78 is 4.45. The van der Waals surface area contributed by atoms with Gasteiger partial charge in [0.1, 0.15) is 6.04 Å². The fraction of sp³-hybridized carbons (Fsp3) is 0.500. The summed E-state index contributed by atoms with van der Waals surface area (Å²) in [5.74, 6) is 1.69. The molecule has 0 saturated carbocycles. The maximum Gasteiger partial charge on any atom is 0.323 e. The van der Waals surface area contributed by atoms with E-state index in [0.29, 0.717) is 0 Å². The second-order valence-electron chi connectivity index (χ2n) is 1.60. The minimum Gasteiger partial charge on any atom is -0.451 e.